The van der Waals surface area contributed by atoms with E-state index < -0.39 is 5.97 Å². The Morgan fingerprint density at radius 3 is 2.87 bits per heavy atom. The maximum Gasteiger partial charge on any atom is 0.310 e. The van der Waals surface area contributed by atoms with E-state index in [1.165, 1.54) is 10.7 Å². The van der Waals surface area contributed by atoms with E-state index >= 15 is 0 Å². The third-order valence-corrected chi connectivity index (χ3v) is 3.12. The molecule has 0 aliphatic carbocycles. The van der Waals surface area contributed by atoms with Crippen LogP contribution in [0.5, 0.6) is 0 Å². The Morgan fingerprint density at radius 2 is 2.13 bits per heavy atom. The van der Waals surface area contributed by atoms with Crippen molar-refractivity contribution in [1.29, 1.82) is 0 Å². The van der Waals surface area contributed by atoms with E-state index in [2.05, 4.69) is 20.4 Å². The Morgan fingerprint density at radius 1 is 1.35 bits per heavy atom. The number of H-pyrrole nitrogens is 1. The summed E-state index contributed by atoms with van der Waals surface area (Å²) in [4.78, 5) is 32.1. The molecule has 2 heterocycles. The van der Waals surface area contributed by atoms with Crippen LogP contribution in [0.3, 0.4) is 0 Å². The number of anilines is 2. The number of para-hydroxylation sites is 1. The van der Waals surface area contributed by atoms with Crippen molar-refractivity contribution in [1.82, 2.24) is 19.6 Å². The van der Waals surface area contributed by atoms with Gasteiger partial charge < -0.3 is 10.1 Å². The Bertz CT molecular complexity index is 885. The van der Waals surface area contributed by atoms with Gasteiger partial charge in [-0.1, -0.05) is 18.2 Å². The standard InChI is InChI=1S/C15H15N5O3/c1-2-23-12(21)8-10-9-16-15-18-14(19-20(15)13(10)22)17-11-6-4-3-5-7-11/h3-7,9H,2,8H2,1H3,(H2,16,17,18,19). The van der Waals surface area contributed by atoms with Crippen LogP contribution >= 0.6 is 0 Å². The highest BCUT2D eigenvalue weighted by molar-refractivity contribution is 5.72. The normalized spacial score (nSPS) is 10.7. The zero-order valence-electron chi connectivity index (χ0n) is 12.4. The maximum atomic E-state index is 12.4. The second-order valence-electron chi connectivity index (χ2n) is 4.77. The van der Waals surface area contributed by atoms with Gasteiger partial charge in [-0.2, -0.15) is 9.50 Å². The quantitative estimate of drug-likeness (QED) is 0.688. The van der Waals surface area contributed by atoms with Crippen LogP contribution in [0.2, 0.25) is 0 Å². The van der Waals surface area contributed by atoms with Crippen molar-refractivity contribution in [3.05, 3.63) is 52.4 Å². The molecule has 0 unspecified atom stereocenters. The van der Waals surface area contributed by atoms with Crippen molar-refractivity contribution in [3.63, 3.8) is 0 Å². The Balaban J connectivity index is 1.89. The first-order chi connectivity index (χ1) is 11.2. The Kier molecular flexibility index (Phi) is 4.05. The molecular formula is C15H15N5O3. The molecular weight excluding hydrogens is 298 g/mol. The molecule has 8 nitrogen and oxygen atoms in total. The van der Waals surface area contributed by atoms with Gasteiger partial charge in [-0.25, -0.2) is 4.98 Å². The van der Waals surface area contributed by atoms with Crippen LogP contribution in [0.15, 0.2) is 41.3 Å². The van der Waals surface area contributed by atoms with Gasteiger partial charge in [0.1, 0.15) is 0 Å². The minimum atomic E-state index is -0.464. The molecule has 0 radical (unpaired) electrons. The summed E-state index contributed by atoms with van der Waals surface area (Å²) in [5.74, 6) is 0.142. The zero-order chi connectivity index (χ0) is 16.2. The fourth-order valence-electron chi connectivity index (χ4n) is 2.10. The number of nitrogens with zero attached hydrogens (tertiary/aromatic N) is 3. The Hall–Kier alpha value is -3.16. The minimum Gasteiger partial charge on any atom is -0.466 e. The summed E-state index contributed by atoms with van der Waals surface area (Å²) in [5, 5.41) is 5.87. The van der Waals surface area contributed by atoms with Crippen molar-refractivity contribution in [3.8, 4) is 0 Å². The van der Waals surface area contributed by atoms with Gasteiger partial charge in [0.25, 0.3) is 11.3 Å². The number of hydrogen-bond donors (Lipinski definition) is 2. The lowest BCUT2D eigenvalue weighted by Gasteiger charge is -2.01. The molecule has 0 fully saturated rings. The van der Waals surface area contributed by atoms with Gasteiger partial charge in [-0.05, 0) is 19.1 Å². The molecule has 2 N–H and O–H groups in total. The third-order valence-electron chi connectivity index (χ3n) is 3.12. The molecule has 0 atom stereocenters. The second kappa shape index (κ2) is 6.30. The van der Waals surface area contributed by atoms with Crippen LogP contribution in [-0.2, 0) is 16.0 Å². The van der Waals surface area contributed by atoms with Crippen molar-refractivity contribution in [2.24, 2.45) is 0 Å². The van der Waals surface area contributed by atoms with Crippen molar-refractivity contribution >= 4 is 23.4 Å². The van der Waals surface area contributed by atoms with Crippen LogP contribution in [0, 0.1) is 0 Å². The molecule has 0 aliphatic rings. The lowest BCUT2D eigenvalue weighted by molar-refractivity contribution is -0.142. The number of aromatic amines is 1. The molecule has 1 aromatic carbocycles. The number of ether oxygens (including phenoxy) is 1. The lowest BCUT2D eigenvalue weighted by Crippen LogP contribution is -2.22. The molecule has 0 bridgehead atoms. The molecule has 0 saturated heterocycles. The smallest absolute Gasteiger partial charge is 0.310 e. The fraction of sp³-hybridized carbons (Fsp3) is 0.200. The van der Waals surface area contributed by atoms with Crippen LogP contribution in [0.25, 0.3) is 5.78 Å². The predicted octanol–water partition coefficient (Wildman–Crippen LogP) is 1.27. The summed E-state index contributed by atoms with van der Waals surface area (Å²) < 4.78 is 6.04. The van der Waals surface area contributed by atoms with Gasteiger partial charge in [0.2, 0.25) is 5.95 Å². The summed E-state index contributed by atoms with van der Waals surface area (Å²) in [6.45, 7) is 1.98. The van der Waals surface area contributed by atoms with Gasteiger partial charge in [0, 0.05) is 17.4 Å². The summed E-state index contributed by atoms with van der Waals surface area (Å²) in [6.07, 6.45) is 1.23. The number of aromatic nitrogens is 4. The van der Waals surface area contributed by atoms with E-state index in [9.17, 15) is 9.59 Å². The van der Waals surface area contributed by atoms with Crippen molar-refractivity contribution < 1.29 is 9.53 Å². The second-order valence-corrected chi connectivity index (χ2v) is 4.77. The van der Waals surface area contributed by atoms with Crippen LogP contribution < -0.4 is 10.9 Å². The van der Waals surface area contributed by atoms with E-state index in [0.29, 0.717) is 5.95 Å². The molecule has 0 aliphatic heterocycles. The molecule has 2 aromatic heterocycles. The molecule has 0 amide bonds. The molecule has 118 valence electrons. The first kappa shape index (κ1) is 14.8. The van der Waals surface area contributed by atoms with Crippen LogP contribution in [0.1, 0.15) is 12.5 Å². The SMILES string of the molecule is CCOC(=O)Cc1cnc2nc(Nc3ccccc3)[nH]n2c1=O. The largest absolute Gasteiger partial charge is 0.466 e. The highest BCUT2D eigenvalue weighted by atomic mass is 16.5. The van der Waals surface area contributed by atoms with Gasteiger partial charge >= 0.3 is 5.97 Å². The predicted molar refractivity (Wildman–Crippen MR) is 83.7 cm³/mol. The van der Waals surface area contributed by atoms with Gasteiger partial charge in [-0.15, -0.1) is 0 Å². The molecule has 23 heavy (non-hydrogen) atoms. The van der Waals surface area contributed by atoms with Crippen LogP contribution in [-0.4, -0.2) is 32.2 Å². The molecule has 8 heteroatoms. The first-order valence-electron chi connectivity index (χ1n) is 7.11. The van der Waals surface area contributed by atoms with Crippen LogP contribution in [0.4, 0.5) is 11.6 Å². The zero-order valence-corrected chi connectivity index (χ0v) is 12.4. The molecule has 0 spiro atoms. The van der Waals surface area contributed by atoms with E-state index in [0.717, 1.165) is 5.69 Å². The van der Waals surface area contributed by atoms with Gasteiger partial charge in [0.05, 0.1) is 13.0 Å². The van der Waals surface area contributed by atoms with E-state index in [4.69, 9.17) is 4.74 Å². The number of fused-ring (bicyclic) bond motifs is 1. The molecule has 0 saturated carbocycles. The monoisotopic (exact) mass is 313 g/mol. The van der Waals surface area contributed by atoms with E-state index in [-0.39, 0.29) is 29.9 Å². The first-order valence-corrected chi connectivity index (χ1v) is 7.11. The van der Waals surface area contributed by atoms with Gasteiger partial charge in [0.15, 0.2) is 0 Å². The number of nitrogens with one attached hydrogen (secondary N) is 2. The fourth-order valence-corrected chi connectivity index (χ4v) is 2.10. The summed E-state index contributed by atoms with van der Waals surface area (Å²) >= 11 is 0. The number of carbonyl (C=O) groups is 1. The topological polar surface area (TPSA) is 101 Å². The number of esters is 1. The highest BCUT2D eigenvalue weighted by Gasteiger charge is 2.13. The average Bonchev–Trinajstić information content (AvgIpc) is 2.95. The minimum absolute atomic E-state index is 0.122. The third kappa shape index (κ3) is 3.20. The lowest BCUT2D eigenvalue weighted by atomic mass is 10.2. The summed E-state index contributed by atoms with van der Waals surface area (Å²) in [7, 11) is 0. The molecule has 3 rings (SSSR count). The van der Waals surface area contributed by atoms with Crippen molar-refractivity contribution in [2.45, 2.75) is 13.3 Å². The maximum absolute atomic E-state index is 12.4. The average molecular weight is 313 g/mol. The summed E-state index contributed by atoms with van der Waals surface area (Å²) in [6, 6.07) is 9.41. The number of benzene rings is 1. The van der Waals surface area contributed by atoms with Crippen molar-refractivity contribution in [2.75, 3.05) is 11.9 Å². The number of rotatable bonds is 5. The highest BCUT2D eigenvalue weighted by Crippen LogP contribution is 2.12. The Labute approximate surface area is 131 Å². The van der Waals surface area contributed by atoms with Gasteiger partial charge in [-0.3, -0.25) is 14.7 Å². The summed E-state index contributed by atoms with van der Waals surface area (Å²) in [5.41, 5.74) is 0.693. The van der Waals surface area contributed by atoms with E-state index in [1.54, 1.807) is 6.92 Å². The number of carbonyl (C=O) groups excluding carboxylic acids is 1. The molecule has 3 aromatic rings. The number of hydrogen-bond acceptors (Lipinski definition) is 6. The van der Waals surface area contributed by atoms with E-state index in [1.807, 2.05) is 30.3 Å².